The number of pyridine rings is 1. The lowest BCUT2D eigenvalue weighted by Crippen LogP contribution is -2.15. The fourth-order valence-electron chi connectivity index (χ4n) is 2.82. The van der Waals surface area contributed by atoms with Crippen LogP contribution in [-0.4, -0.2) is 35.0 Å². The van der Waals surface area contributed by atoms with Crippen molar-refractivity contribution in [3.05, 3.63) is 71.3 Å². The van der Waals surface area contributed by atoms with Gasteiger partial charge in [-0.15, -0.1) is 0 Å². The molecule has 0 fully saturated rings. The summed E-state index contributed by atoms with van der Waals surface area (Å²) < 4.78 is 27.6. The zero-order valence-electron chi connectivity index (χ0n) is 14.2. The number of fused-ring (bicyclic) bond motifs is 1. The van der Waals surface area contributed by atoms with Crippen molar-refractivity contribution in [1.82, 2.24) is 19.6 Å². The van der Waals surface area contributed by atoms with Crippen LogP contribution in [0.25, 0.3) is 16.9 Å². The lowest BCUT2D eigenvalue weighted by atomic mass is 10.2. The van der Waals surface area contributed by atoms with Gasteiger partial charge in [0.05, 0.1) is 10.6 Å². The van der Waals surface area contributed by atoms with Crippen LogP contribution in [0.1, 0.15) is 0 Å². The molecular formula is C18H15N5O3S. The topological polar surface area (TPSA) is 109 Å². The minimum absolute atomic E-state index is 0.0227. The number of hydrogen-bond donors (Lipinski definition) is 2. The molecule has 0 aliphatic heterocycles. The largest absolute Gasteiger partial charge is 0.372 e. The van der Waals surface area contributed by atoms with Gasteiger partial charge in [-0.05, 0) is 24.3 Å². The zero-order chi connectivity index (χ0) is 19.0. The molecule has 0 radical (unpaired) electrons. The van der Waals surface area contributed by atoms with Gasteiger partial charge in [0.1, 0.15) is 5.82 Å². The van der Waals surface area contributed by atoms with E-state index in [-0.39, 0.29) is 21.3 Å². The van der Waals surface area contributed by atoms with Crippen LogP contribution in [0.3, 0.4) is 0 Å². The molecule has 9 heteroatoms. The Morgan fingerprint density at radius 3 is 2.56 bits per heavy atom. The summed E-state index contributed by atoms with van der Waals surface area (Å²) in [5.41, 5.74) is 0.561. The van der Waals surface area contributed by atoms with E-state index in [1.165, 1.54) is 18.2 Å². The molecule has 0 saturated heterocycles. The number of aromatic amines is 1. The minimum Gasteiger partial charge on any atom is -0.372 e. The van der Waals surface area contributed by atoms with Gasteiger partial charge < -0.3 is 5.32 Å². The Balaban J connectivity index is 2.06. The number of H-pyrrole nitrogens is 1. The molecule has 0 bridgehead atoms. The highest BCUT2D eigenvalue weighted by Gasteiger charge is 2.28. The summed E-state index contributed by atoms with van der Waals surface area (Å²) >= 11 is 0. The van der Waals surface area contributed by atoms with Gasteiger partial charge >= 0.3 is 0 Å². The van der Waals surface area contributed by atoms with Gasteiger partial charge in [-0.3, -0.25) is 14.9 Å². The van der Waals surface area contributed by atoms with Crippen LogP contribution in [0.5, 0.6) is 0 Å². The number of anilines is 1. The highest BCUT2D eigenvalue weighted by molar-refractivity contribution is 7.91. The molecular weight excluding hydrogens is 366 g/mol. The molecule has 4 aromatic rings. The van der Waals surface area contributed by atoms with E-state index in [0.717, 1.165) is 4.52 Å². The van der Waals surface area contributed by atoms with E-state index in [9.17, 15) is 13.2 Å². The molecule has 136 valence electrons. The lowest BCUT2D eigenvalue weighted by molar-refractivity contribution is 0.597. The average molecular weight is 381 g/mol. The Morgan fingerprint density at radius 1 is 1.11 bits per heavy atom. The maximum atomic E-state index is 13.2. The van der Waals surface area contributed by atoms with Crippen molar-refractivity contribution < 1.29 is 8.42 Å². The fraction of sp³-hybridized carbons (Fsp3) is 0.0556. The van der Waals surface area contributed by atoms with Gasteiger partial charge in [0.25, 0.3) is 5.56 Å². The first kappa shape index (κ1) is 17.0. The number of nitrogens with zero attached hydrogens (tertiary/aromatic N) is 3. The normalized spacial score (nSPS) is 11.6. The Bertz CT molecular complexity index is 1280. The second kappa shape index (κ2) is 6.36. The van der Waals surface area contributed by atoms with Crippen molar-refractivity contribution in [3.63, 3.8) is 0 Å². The Morgan fingerprint density at radius 2 is 1.89 bits per heavy atom. The maximum absolute atomic E-state index is 13.2. The number of aromatic nitrogens is 4. The standard InChI is InChI=1S/C18H15N5O3S/c1-19-17-16(27(25,26)13-7-3-2-4-8-13)18-21-14(10-15(24)23(18)22-17)12-6-5-9-20-11-12/h2-11,19,22H,1H3. The van der Waals surface area contributed by atoms with E-state index in [4.69, 9.17) is 0 Å². The van der Waals surface area contributed by atoms with Crippen LogP contribution in [0.4, 0.5) is 5.82 Å². The summed E-state index contributed by atoms with van der Waals surface area (Å²) in [6, 6.07) is 12.8. The molecule has 1 aromatic carbocycles. The fourth-order valence-corrected chi connectivity index (χ4v) is 4.37. The zero-order valence-corrected chi connectivity index (χ0v) is 15.1. The highest BCUT2D eigenvalue weighted by atomic mass is 32.2. The van der Waals surface area contributed by atoms with Crippen molar-refractivity contribution >= 4 is 21.3 Å². The van der Waals surface area contributed by atoms with Gasteiger partial charge in [-0.1, -0.05) is 18.2 Å². The monoisotopic (exact) mass is 381 g/mol. The second-order valence-electron chi connectivity index (χ2n) is 5.76. The molecule has 0 atom stereocenters. The average Bonchev–Trinajstić information content (AvgIpc) is 3.09. The van der Waals surface area contributed by atoms with Crippen molar-refractivity contribution in [2.45, 2.75) is 9.79 Å². The van der Waals surface area contributed by atoms with E-state index in [1.807, 2.05) is 0 Å². The summed E-state index contributed by atoms with van der Waals surface area (Å²) in [6.07, 6.45) is 3.17. The van der Waals surface area contributed by atoms with Crippen LogP contribution >= 0.6 is 0 Å². The Labute approximate surface area is 154 Å². The van der Waals surface area contributed by atoms with E-state index < -0.39 is 15.4 Å². The second-order valence-corrected chi connectivity index (χ2v) is 7.65. The third kappa shape index (κ3) is 2.77. The van der Waals surface area contributed by atoms with Crippen LogP contribution in [0.15, 0.2) is 75.5 Å². The van der Waals surface area contributed by atoms with E-state index in [0.29, 0.717) is 11.3 Å². The predicted octanol–water partition coefficient (Wildman–Crippen LogP) is 1.96. The smallest absolute Gasteiger partial charge is 0.273 e. The van der Waals surface area contributed by atoms with E-state index in [2.05, 4.69) is 20.4 Å². The SMILES string of the molecule is CNc1[nH]n2c(=O)cc(-c3cccnc3)nc2c1S(=O)(=O)c1ccccc1. The first-order chi connectivity index (χ1) is 13.0. The maximum Gasteiger partial charge on any atom is 0.273 e. The lowest BCUT2D eigenvalue weighted by Gasteiger charge is -2.06. The molecule has 0 aliphatic carbocycles. The molecule has 4 rings (SSSR count). The molecule has 0 saturated carbocycles. The van der Waals surface area contributed by atoms with Gasteiger partial charge in [0, 0.05) is 31.1 Å². The summed E-state index contributed by atoms with van der Waals surface area (Å²) in [4.78, 5) is 21.1. The molecule has 0 aliphatic rings. The third-order valence-corrected chi connectivity index (χ3v) is 5.92. The van der Waals surface area contributed by atoms with Crippen molar-refractivity contribution in [2.75, 3.05) is 12.4 Å². The van der Waals surface area contributed by atoms with Gasteiger partial charge in [0.15, 0.2) is 10.5 Å². The molecule has 27 heavy (non-hydrogen) atoms. The van der Waals surface area contributed by atoms with Crippen LogP contribution in [0, 0.1) is 0 Å². The van der Waals surface area contributed by atoms with Crippen LogP contribution in [-0.2, 0) is 9.84 Å². The Kier molecular flexibility index (Phi) is 4.00. The van der Waals surface area contributed by atoms with Crippen molar-refractivity contribution in [2.24, 2.45) is 0 Å². The summed E-state index contributed by atoms with van der Waals surface area (Å²) in [5, 5.41) is 5.57. The first-order valence-corrected chi connectivity index (χ1v) is 9.55. The van der Waals surface area contributed by atoms with E-state index >= 15 is 0 Å². The molecule has 3 aromatic heterocycles. The number of rotatable bonds is 4. The molecule has 8 nitrogen and oxygen atoms in total. The molecule has 0 spiro atoms. The van der Waals surface area contributed by atoms with Gasteiger partial charge in [-0.2, -0.15) is 4.52 Å². The third-order valence-electron chi connectivity index (χ3n) is 4.10. The van der Waals surface area contributed by atoms with Crippen molar-refractivity contribution in [3.8, 4) is 11.3 Å². The van der Waals surface area contributed by atoms with Gasteiger partial charge in [-0.25, -0.2) is 13.4 Å². The van der Waals surface area contributed by atoms with E-state index in [1.54, 1.807) is 49.8 Å². The molecule has 0 unspecified atom stereocenters. The molecule has 3 heterocycles. The van der Waals surface area contributed by atoms with Gasteiger partial charge in [0.2, 0.25) is 9.84 Å². The van der Waals surface area contributed by atoms with Crippen molar-refractivity contribution in [1.29, 1.82) is 0 Å². The minimum atomic E-state index is -3.91. The number of sulfone groups is 1. The molecule has 2 N–H and O–H groups in total. The summed E-state index contributed by atoms with van der Waals surface area (Å²) in [7, 11) is -2.34. The van der Waals surface area contributed by atoms with Crippen LogP contribution in [0.2, 0.25) is 0 Å². The summed E-state index contributed by atoms with van der Waals surface area (Å²) in [6.45, 7) is 0. The predicted molar refractivity (Wildman–Crippen MR) is 100 cm³/mol. The van der Waals surface area contributed by atoms with Crippen LogP contribution < -0.4 is 10.9 Å². The molecule has 0 amide bonds. The highest BCUT2D eigenvalue weighted by Crippen LogP contribution is 2.30. The number of hydrogen-bond acceptors (Lipinski definition) is 6. The Hall–Kier alpha value is -3.46. The quantitative estimate of drug-likeness (QED) is 0.559. The number of nitrogens with one attached hydrogen (secondary N) is 2. The first-order valence-electron chi connectivity index (χ1n) is 8.06. The summed E-state index contributed by atoms with van der Waals surface area (Å²) in [5.74, 6) is 0.187. The number of benzene rings is 1.